The summed E-state index contributed by atoms with van der Waals surface area (Å²) in [6.45, 7) is 12.9. The maximum absolute atomic E-state index is 8.94. The third-order valence-electron chi connectivity index (χ3n) is 3.20. The van der Waals surface area contributed by atoms with E-state index in [1.165, 1.54) is 0 Å². The number of rotatable bonds is 3. The molecule has 0 unspecified atom stereocenters. The molecule has 2 heteroatoms. The minimum Gasteiger partial charge on any atom is -0.411 e. The van der Waals surface area contributed by atoms with E-state index in [2.05, 4.69) is 46.7 Å². The quantitative estimate of drug-likeness (QED) is 0.406. The lowest BCUT2D eigenvalue weighted by Gasteiger charge is -2.39. The van der Waals surface area contributed by atoms with Crippen LogP contribution in [0.1, 0.15) is 54.4 Å². The fraction of sp³-hybridized carbons (Fsp3) is 0.909. The van der Waals surface area contributed by atoms with Crippen LogP contribution in [-0.2, 0) is 0 Å². The molecule has 0 rings (SSSR count). The second-order valence-electron chi connectivity index (χ2n) is 5.17. The molecule has 0 aliphatic heterocycles. The van der Waals surface area contributed by atoms with Gasteiger partial charge in [0, 0.05) is 5.41 Å². The Labute approximate surface area is 82.0 Å². The maximum Gasteiger partial charge on any atom is 0.0631 e. The van der Waals surface area contributed by atoms with Crippen LogP contribution in [0.3, 0.4) is 0 Å². The zero-order valence-corrected chi connectivity index (χ0v) is 9.81. The van der Waals surface area contributed by atoms with Crippen molar-refractivity contribution < 1.29 is 5.21 Å². The predicted octanol–water partition coefficient (Wildman–Crippen LogP) is 3.69. The SMILES string of the molecule is CCC/C(=N\O)C(C)(C)C(C)(C)C. The summed E-state index contributed by atoms with van der Waals surface area (Å²) in [5.74, 6) is 0. The lowest BCUT2D eigenvalue weighted by Crippen LogP contribution is -2.37. The highest BCUT2D eigenvalue weighted by molar-refractivity contribution is 5.89. The normalized spacial score (nSPS) is 14.8. The summed E-state index contributed by atoms with van der Waals surface area (Å²) in [6.07, 6.45) is 1.90. The molecule has 0 aromatic heterocycles. The predicted molar refractivity (Wildman–Crippen MR) is 57.4 cm³/mol. The van der Waals surface area contributed by atoms with Crippen LogP contribution in [0.5, 0.6) is 0 Å². The third-order valence-corrected chi connectivity index (χ3v) is 3.20. The van der Waals surface area contributed by atoms with Crippen LogP contribution >= 0.6 is 0 Å². The topological polar surface area (TPSA) is 32.6 Å². The summed E-state index contributed by atoms with van der Waals surface area (Å²) in [4.78, 5) is 0. The molecule has 0 heterocycles. The first-order chi connectivity index (χ1) is 5.77. The molecule has 0 amide bonds. The van der Waals surface area contributed by atoms with E-state index >= 15 is 0 Å². The summed E-state index contributed by atoms with van der Waals surface area (Å²) >= 11 is 0. The van der Waals surface area contributed by atoms with Gasteiger partial charge in [-0.25, -0.2) is 0 Å². The molecule has 13 heavy (non-hydrogen) atoms. The van der Waals surface area contributed by atoms with Gasteiger partial charge < -0.3 is 5.21 Å². The monoisotopic (exact) mass is 185 g/mol. The Balaban J connectivity index is 4.79. The molecule has 0 spiro atoms. The van der Waals surface area contributed by atoms with Gasteiger partial charge in [-0.15, -0.1) is 0 Å². The molecule has 0 atom stereocenters. The number of nitrogens with zero attached hydrogens (tertiary/aromatic N) is 1. The Kier molecular flexibility index (Phi) is 3.95. The van der Waals surface area contributed by atoms with Gasteiger partial charge in [0.05, 0.1) is 5.71 Å². The van der Waals surface area contributed by atoms with Gasteiger partial charge in [-0.05, 0) is 11.8 Å². The van der Waals surface area contributed by atoms with Gasteiger partial charge in [-0.2, -0.15) is 0 Å². The highest BCUT2D eigenvalue weighted by Crippen LogP contribution is 2.40. The minimum atomic E-state index is -0.0439. The Hall–Kier alpha value is -0.530. The van der Waals surface area contributed by atoms with Gasteiger partial charge in [0.1, 0.15) is 0 Å². The fourth-order valence-corrected chi connectivity index (χ4v) is 1.16. The van der Waals surface area contributed by atoms with E-state index < -0.39 is 0 Å². The van der Waals surface area contributed by atoms with Crippen LogP contribution in [0.2, 0.25) is 0 Å². The largest absolute Gasteiger partial charge is 0.411 e. The van der Waals surface area contributed by atoms with Crippen molar-refractivity contribution in [2.24, 2.45) is 16.0 Å². The van der Waals surface area contributed by atoms with Gasteiger partial charge in [-0.3, -0.25) is 0 Å². The van der Waals surface area contributed by atoms with Crippen LogP contribution in [0.25, 0.3) is 0 Å². The van der Waals surface area contributed by atoms with E-state index in [1.54, 1.807) is 0 Å². The first-order valence-corrected chi connectivity index (χ1v) is 4.98. The van der Waals surface area contributed by atoms with Crippen molar-refractivity contribution >= 4 is 5.71 Å². The molecule has 1 N–H and O–H groups in total. The van der Waals surface area contributed by atoms with Crippen molar-refractivity contribution in [1.29, 1.82) is 0 Å². The first kappa shape index (κ1) is 12.5. The smallest absolute Gasteiger partial charge is 0.0631 e. The van der Waals surface area contributed by atoms with Gasteiger partial charge >= 0.3 is 0 Å². The third kappa shape index (κ3) is 2.71. The molecule has 78 valence electrons. The Morgan fingerprint density at radius 2 is 1.62 bits per heavy atom. The Morgan fingerprint density at radius 3 is 1.85 bits per heavy atom. The summed E-state index contributed by atoms with van der Waals surface area (Å²) in [5.41, 5.74) is 0.990. The van der Waals surface area contributed by atoms with Crippen molar-refractivity contribution in [3.8, 4) is 0 Å². The highest BCUT2D eigenvalue weighted by atomic mass is 16.4. The summed E-state index contributed by atoms with van der Waals surface area (Å²) < 4.78 is 0. The van der Waals surface area contributed by atoms with Crippen LogP contribution in [0.15, 0.2) is 5.16 Å². The Bertz CT molecular complexity index is 187. The van der Waals surface area contributed by atoms with Gasteiger partial charge in [-0.1, -0.05) is 53.1 Å². The number of hydrogen-bond acceptors (Lipinski definition) is 2. The van der Waals surface area contributed by atoms with E-state index in [1.807, 2.05) is 0 Å². The molecule has 0 aliphatic carbocycles. The van der Waals surface area contributed by atoms with Crippen LogP contribution < -0.4 is 0 Å². The van der Waals surface area contributed by atoms with E-state index in [4.69, 9.17) is 5.21 Å². The number of hydrogen-bond donors (Lipinski definition) is 1. The zero-order chi connectivity index (χ0) is 10.7. The summed E-state index contributed by atoms with van der Waals surface area (Å²) in [6, 6.07) is 0. The molecule has 0 saturated carbocycles. The highest BCUT2D eigenvalue weighted by Gasteiger charge is 2.37. The second-order valence-corrected chi connectivity index (χ2v) is 5.17. The average molecular weight is 185 g/mol. The molecular formula is C11H23NO. The molecule has 0 aromatic rings. The summed E-state index contributed by atoms with van der Waals surface area (Å²) in [7, 11) is 0. The molecular weight excluding hydrogens is 162 g/mol. The van der Waals surface area contributed by atoms with Crippen LogP contribution in [0, 0.1) is 10.8 Å². The van der Waals surface area contributed by atoms with Crippen molar-refractivity contribution in [1.82, 2.24) is 0 Å². The fourth-order valence-electron chi connectivity index (χ4n) is 1.16. The molecule has 0 bridgehead atoms. The summed E-state index contributed by atoms with van der Waals surface area (Å²) in [5, 5.41) is 12.4. The van der Waals surface area contributed by atoms with E-state index in [9.17, 15) is 0 Å². The van der Waals surface area contributed by atoms with Crippen molar-refractivity contribution in [2.45, 2.75) is 54.4 Å². The second kappa shape index (κ2) is 4.12. The van der Waals surface area contributed by atoms with E-state index in [-0.39, 0.29) is 10.8 Å². The van der Waals surface area contributed by atoms with Gasteiger partial charge in [0.2, 0.25) is 0 Å². The molecule has 0 radical (unpaired) electrons. The maximum atomic E-state index is 8.94. The van der Waals surface area contributed by atoms with Crippen molar-refractivity contribution in [3.05, 3.63) is 0 Å². The average Bonchev–Trinajstić information content (AvgIpc) is 1.97. The zero-order valence-electron chi connectivity index (χ0n) is 9.81. The van der Waals surface area contributed by atoms with E-state index in [0.29, 0.717) is 0 Å². The molecule has 0 aromatic carbocycles. The molecule has 2 nitrogen and oxygen atoms in total. The Morgan fingerprint density at radius 1 is 1.15 bits per heavy atom. The van der Waals surface area contributed by atoms with Gasteiger partial charge in [0.15, 0.2) is 0 Å². The van der Waals surface area contributed by atoms with Crippen LogP contribution in [-0.4, -0.2) is 10.9 Å². The minimum absolute atomic E-state index is 0.0439. The standard InChI is InChI=1S/C11H23NO/c1-7-8-9(12-13)11(5,6)10(2,3)4/h13H,7-8H2,1-6H3/b12-9+. The van der Waals surface area contributed by atoms with E-state index in [0.717, 1.165) is 18.6 Å². The lowest BCUT2D eigenvalue weighted by atomic mass is 9.65. The lowest BCUT2D eigenvalue weighted by molar-refractivity contribution is 0.201. The van der Waals surface area contributed by atoms with Crippen LogP contribution in [0.4, 0.5) is 0 Å². The molecule has 0 aliphatic rings. The molecule has 0 fully saturated rings. The van der Waals surface area contributed by atoms with Crippen molar-refractivity contribution in [3.63, 3.8) is 0 Å². The number of oxime groups is 1. The van der Waals surface area contributed by atoms with Crippen molar-refractivity contribution in [2.75, 3.05) is 0 Å². The molecule has 0 saturated heterocycles. The first-order valence-electron chi connectivity index (χ1n) is 4.98. The van der Waals surface area contributed by atoms with Gasteiger partial charge in [0.25, 0.3) is 0 Å².